The van der Waals surface area contributed by atoms with Crippen molar-refractivity contribution in [3.05, 3.63) is 34.9 Å². The van der Waals surface area contributed by atoms with Crippen molar-refractivity contribution in [1.82, 2.24) is 0 Å². The smallest absolute Gasteiger partial charge is 0.151 e. The molecule has 3 aromatic rings. The Bertz CT molecular complexity index is 560. The minimum Gasteiger partial charge on any atom is -0.463 e. The summed E-state index contributed by atoms with van der Waals surface area (Å²) in [6.07, 6.45) is 1.83. The minimum atomic E-state index is 1.04. The Morgan fingerprint density at radius 1 is 1.07 bits per heavy atom. The SMILES string of the molecule is Cc1coc2c1ccc1c(C)csc12. The van der Waals surface area contributed by atoms with Crippen LogP contribution in [0.3, 0.4) is 0 Å². The maximum Gasteiger partial charge on any atom is 0.151 e. The average Bonchev–Trinajstić information content (AvgIpc) is 2.72. The van der Waals surface area contributed by atoms with Gasteiger partial charge in [0.1, 0.15) is 0 Å². The van der Waals surface area contributed by atoms with Crippen molar-refractivity contribution in [2.24, 2.45) is 0 Å². The summed E-state index contributed by atoms with van der Waals surface area (Å²) in [5.74, 6) is 0. The molecule has 0 saturated carbocycles. The molecule has 14 heavy (non-hydrogen) atoms. The van der Waals surface area contributed by atoms with Gasteiger partial charge in [-0.25, -0.2) is 0 Å². The lowest BCUT2D eigenvalue weighted by Crippen LogP contribution is -1.70. The van der Waals surface area contributed by atoms with Crippen molar-refractivity contribution in [3.63, 3.8) is 0 Å². The summed E-state index contributed by atoms with van der Waals surface area (Å²) in [6.45, 7) is 4.22. The maximum absolute atomic E-state index is 5.59. The fraction of sp³-hybridized carbons (Fsp3) is 0.167. The van der Waals surface area contributed by atoms with Gasteiger partial charge in [-0.3, -0.25) is 0 Å². The molecular weight excluding hydrogens is 192 g/mol. The van der Waals surface area contributed by atoms with Crippen LogP contribution in [0.2, 0.25) is 0 Å². The van der Waals surface area contributed by atoms with Crippen molar-refractivity contribution in [2.75, 3.05) is 0 Å². The van der Waals surface area contributed by atoms with Crippen LogP contribution in [0.1, 0.15) is 11.1 Å². The first kappa shape index (κ1) is 8.06. The second kappa shape index (κ2) is 2.61. The largest absolute Gasteiger partial charge is 0.463 e. The predicted octanol–water partition coefficient (Wildman–Crippen LogP) is 4.26. The second-order valence-corrected chi connectivity index (χ2v) is 4.54. The quantitative estimate of drug-likeness (QED) is 0.530. The van der Waals surface area contributed by atoms with Crippen molar-refractivity contribution in [2.45, 2.75) is 13.8 Å². The third-order valence-electron chi connectivity index (χ3n) is 2.67. The predicted molar refractivity (Wildman–Crippen MR) is 61.1 cm³/mol. The minimum absolute atomic E-state index is 1.04. The van der Waals surface area contributed by atoms with Gasteiger partial charge >= 0.3 is 0 Å². The lowest BCUT2D eigenvalue weighted by molar-refractivity contribution is 0.617. The molecule has 0 bridgehead atoms. The Balaban J connectivity index is 2.62. The number of fused-ring (bicyclic) bond motifs is 3. The van der Waals surface area contributed by atoms with Crippen LogP contribution in [0.4, 0.5) is 0 Å². The molecule has 1 aromatic carbocycles. The molecule has 0 N–H and O–H groups in total. The molecule has 0 amide bonds. The van der Waals surface area contributed by atoms with Gasteiger partial charge in [-0.05, 0) is 35.7 Å². The summed E-state index contributed by atoms with van der Waals surface area (Å²) in [5.41, 5.74) is 3.59. The van der Waals surface area contributed by atoms with E-state index >= 15 is 0 Å². The highest BCUT2D eigenvalue weighted by Crippen LogP contribution is 2.34. The van der Waals surface area contributed by atoms with E-state index < -0.39 is 0 Å². The third-order valence-corrected chi connectivity index (χ3v) is 3.78. The summed E-state index contributed by atoms with van der Waals surface area (Å²) < 4.78 is 6.86. The van der Waals surface area contributed by atoms with Crippen LogP contribution < -0.4 is 0 Å². The Hall–Kier alpha value is -1.28. The van der Waals surface area contributed by atoms with E-state index in [0.717, 1.165) is 5.58 Å². The number of thiophene rings is 1. The molecule has 0 atom stereocenters. The van der Waals surface area contributed by atoms with Crippen LogP contribution in [-0.4, -0.2) is 0 Å². The summed E-state index contributed by atoms with van der Waals surface area (Å²) in [5, 5.41) is 4.73. The third kappa shape index (κ3) is 0.891. The van der Waals surface area contributed by atoms with Crippen LogP contribution in [0.25, 0.3) is 21.1 Å². The number of benzene rings is 1. The van der Waals surface area contributed by atoms with Crippen LogP contribution in [0.15, 0.2) is 28.2 Å². The molecule has 0 unspecified atom stereocenters. The Kier molecular flexibility index (Phi) is 1.50. The monoisotopic (exact) mass is 202 g/mol. The normalized spacial score (nSPS) is 11.6. The molecule has 2 heterocycles. The lowest BCUT2D eigenvalue weighted by Gasteiger charge is -1.93. The van der Waals surface area contributed by atoms with Crippen molar-refractivity contribution in [3.8, 4) is 0 Å². The van der Waals surface area contributed by atoms with Gasteiger partial charge in [0.15, 0.2) is 5.58 Å². The summed E-state index contributed by atoms with van der Waals surface area (Å²) in [6, 6.07) is 4.34. The van der Waals surface area contributed by atoms with E-state index in [-0.39, 0.29) is 0 Å². The number of furan rings is 1. The molecule has 1 nitrogen and oxygen atoms in total. The molecule has 70 valence electrons. The van der Waals surface area contributed by atoms with Gasteiger partial charge in [-0.15, -0.1) is 11.3 Å². The zero-order chi connectivity index (χ0) is 9.71. The molecule has 2 heteroatoms. The highest BCUT2D eigenvalue weighted by molar-refractivity contribution is 7.18. The van der Waals surface area contributed by atoms with Gasteiger partial charge in [0.05, 0.1) is 11.0 Å². The van der Waals surface area contributed by atoms with Gasteiger partial charge in [0, 0.05) is 5.39 Å². The van der Waals surface area contributed by atoms with Crippen molar-refractivity contribution >= 4 is 32.4 Å². The average molecular weight is 202 g/mol. The van der Waals surface area contributed by atoms with E-state index in [0.29, 0.717) is 0 Å². The number of hydrogen-bond donors (Lipinski definition) is 0. The molecule has 0 fully saturated rings. The van der Waals surface area contributed by atoms with Gasteiger partial charge in [-0.1, -0.05) is 12.1 Å². The van der Waals surface area contributed by atoms with Gasteiger partial charge in [0.25, 0.3) is 0 Å². The van der Waals surface area contributed by atoms with Crippen LogP contribution in [0, 0.1) is 13.8 Å². The molecule has 0 radical (unpaired) electrons. The van der Waals surface area contributed by atoms with E-state index in [4.69, 9.17) is 4.42 Å². The van der Waals surface area contributed by atoms with Gasteiger partial charge in [0.2, 0.25) is 0 Å². The molecule has 0 saturated heterocycles. The zero-order valence-corrected chi connectivity index (χ0v) is 8.94. The number of aryl methyl sites for hydroxylation is 2. The fourth-order valence-electron chi connectivity index (χ4n) is 1.84. The Morgan fingerprint density at radius 3 is 2.71 bits per heavy atom. The molecule has 0 aliphatic rings. The van der Waals surface area contributed by atoms with Crippen LogP contribution in [-0.2, 0) is 0 Å². The highest BCUT2D eigenvalue weighted by atomic mass is 32.1. The van der Waals surface area contributed by atoms with Crippen LogP contribution >= 0.6 is 11.3 Å². The maximum atomic E-state index is 5.59. The Labute approximate surface area is 86.0 Å². The van der Waals surface area contributed by atoms with E-state index in [2.05, 4.69) is 31.4 Å². The van der Waals surface area contributed by atoms with E-state index in [9.17, 15) is 0 Å². The fourth-order valence-corrected chi connectivity index (χ4v) is 2.88. The van der Waals surface area contributed by atoms with E-state index in [1.54, 1.807) is 11.3 Å². The first-order valence-corrected chi connectivity index (χ1v) is 5.50. The summed E-state index contributed by atoms with van der Waals surface area (Å²) in [7, 11) is 0. The first-order valence-electron chi connectivity index (χ1n) is 4.62. The first-order chi connectivity index (χ1) is 6.77. The van der Waals surface area contributed by atoms with E-state index in [1.807, 2.05) is 6.26 Å². The van der Waals surface area contributed by atoms with Crippen LogP contribution in [0.5, 0.6) is 0 Å². The molecular formula is C12H10OS. The molecule has 0 aliphatic carbocycles. The van der Waals surface area contributed by atoms with E-state index in [1.165, 1.54) is 26.6 Å². The lowest BCUT2D eigenvalue weighted by atomic mass is 10.1. The topological polar surface area (TPSA) is 13.1 Å². The molecule has 3 rings (SSSR count). The van der Waals surface area contributed by atoms with Crippen molar-refractivity contribution < 1.29 is 4.42 Å². The zero-order valence-electron chi connectivity index (χ0n) is 8.13. The van der Waals surface area contributed by atoms with Crippen molar-refractivity contribution in [1.29, 1.82) is 0 Å². The van der Waals surface area contributed by atoms with Gasteiger partial charge < -0.3 is 4.42 Å². The standard InChI is InChI=1S/C12H10OS/c1-7-5-13-11-9(7)3-4-10-8(2)6-14-12(10)11/h3-6H,1-2H3. The van der Waals surface area contributed by atoms with Gasteiger partial charge in [-0.2, -0.15) is 0 Å². The molecule has 0 aliphatic heterocycles. The Morgan fingerprint density at radius 2 is 1.86 bits per heavy atom. The second-order valence-electron chi connectivity index (χ2n) is 3.66. The molecule has 2 aromatic heterocycles. The number of hydrogen-bond acceptors (Lipinski definition) is 2. The number of rotatable bonds is 0. The highest BCUT2D eigenvalue weighted by Gasteiger charge is 2.08. The summed E-state index contributed by atoms with van der Waals surface area (Å²) >= 11 is 1.76. The summed E-state index contributed by atoms with van der Waals surface area (Å²) in [4.78, 5) is 0. The molecule has 0 spiro atoms.